The fraction of sp³-hybridized carbons (Fsp3) is 0.391. The average molecular weight is 390 g/mol. The van der Waals surface area contributed by atoms with E-state index in [1.807, 2.05) is 23.2 Å². The van der Waals surface area contributed by atoms with E-state index < -0.39 is 0 Å². The molecule has 4 heterocycles. The van der Waals surface area contributed by atoms with Gasteiger partial charge in [0.2, 0.25) is 0 Å². The van der Waals surface area contributed by atoms with Gasteiger partial charge in [-0.05, 0) is 48.9 Å². The van der Waals surface area contributed by atoms with E-state index in [0.29, 0.717) is 6.54 Å². The molecule has 0 saturated carbocycles. The molecule has 0 atom stereocenters. The topological polar surface area (TPSA) is 53.4 Å². The number of piperidine rings is 1. The molecule has 3 aromatic rings. The molecular weight excluding hydrogens is 362 g/mol. The highest BCUT2D eigenvalue weighted by molar-refractivity contribution is 5.82. The van der Waals surface area contributed by atoms with Crippen molar-refractivity contribution < 1.29 is 4.79 Å². The zero-order chi connectivity index (χ0) is 19.6. The minimum Gasteiger partial charge on any atom is -0.356 e. The van der Waals surface area contributed by atoms with Crippen molar-refractivity contribution in [1.29, 1.82) is 0 Å². The van der Waals surface area contributed by atoms with Gasteiger partial charge in [-0.3, -0.25) is 0 Å². The predicted molar refractivity (Wildman–Crippen MR) is 115 cm³/mol. The second-order valence-electron chi connectivity index (χ2n) is 8.02. The number of hydrogen-bond donors (Lipinski definition) is 1. The molecule has 29 heavy (non-hydrogen) atoms. The number of fused-ring (bicyclic) bond motifs is 3. The van der Waals surface area contributed by atoms with E-state index in [-0.39, 0.29) is 12.1 Å². The number of aryl methyl sites for hydroxylation is 1. The van der Waals surface area contributed by atoms with E-state index >= 15 is 0 Å². The van der Waals surface area contributed by atoms with Crippen molar-refractivity contribution in [2.75, 3.05) is 24.5 Å². The highest BCUT2D eigenvalue weighted by Gasteiger charge is 2.25. The summed E-state index contributed by atoms with van der Waals surface area (Å²) in [6, 6.07) is 17.0. The Morgan fingerprint density at radius 3 is 2.66 bits per heavy atom. The van der Waals surface area contributed by atoms with Crippen LogP contribution in [0.2, 0.25) is 0 Å². The number of benzene rings is 1. The van der Waals surface area contributed by atoms with Gasteiger partial charge in [0.1, 0.15) is 5.82 Å². The number of para-hydroxylation sites is 1. The van der Waals surface area contributed by atoms with E-state index in [1.165, 1.54) is 16.6 Å². The molecule has 1 saturated heterocycles. The lowest BCUT2D eigenvalue weighted by atomic mass is 10.1. The highest BCUT2D eigenvalue weighted by Crippen LogP contribution is 2.24. The maximum atomic E-state index is 13.0. The summed E-state index contributed by atoms with van der Waals surface area (Å²) in [5.41, 5.74) is 2.50. The van der Waals surface area contributed by atoms with E-state index in [0.717, 1.165) is 51.3 Å². The van der Waals surface area contributed by atoms with E-state index in [1.54, 1.807) is 0 Å². The molecule has 1 aromatic carbocycles. The Morgan fingerprint density at radius 2 is 1.83 bits per heavy atom. The predicted octanol–water partition coefficient (Wildman–Crippen LogP) is 3.62. The highest BCUT2D eigenvalue weighted by atomic mass is 16.2. The first-order chi connectivity index (χ1) is 14.3. The van der Waals surface area contributed by atoms with Crippen LogP contribution in [-0.4, -0.2) is 46.2 Å². The van der Waals surface area contributed by atoms with Crippen LogP contribution >= 0.6 is 0 Å². The number of anilines is 1. The van der Waals surface area contributed by atoms with Crippen LogP contribution in [0.5, 0.6) is 0 Å². The number of carbonyl (C=O) groups is 1. The van der Waals surface area contributed by atoms with Gasteiger partial charge in [0.15, 0.2) is 0 Å². The fourth-order valence-electron chi connectivity index (χ4n) is 4.59. The molecule has 0 bridgehead atoms. The summed E-state index contributed by atoms with van der Waals surface area (Å²) in [6.45, 7) is 4.30. The van der Waals surface area contributed by atoms with Crippen LogP contribution in [0, 0.1) is 0 Å². The average Bonchev–Trinajstić information content (AvgIpc) is 2.97. The van der Waals surface area contributed by atoms with Gasteiger partial charge in [0.05, 0.1) is 6.54 Å². The van der Waals surface area contributed by atoms with E-state index in [2.05, 4.69) is 56.2 Å². The van der Waals surface area contributed by atoms with Gasteiger partial charge in [-0.15, -0.1) is 0 Å². The third-order valence-corrected chi connectivity index (χ3v) is 6.14. The van der Waals surface area contributed by atoms with Gasteiger partial charge >= 0.3 is 6.03 Å². The first kappa shape index (κ1) is 18.0. The number of pyridine rings is 1. The first-order valence-corrected chi connectivity index (χ1v) is 10.6. The fourth-order valence-corrected chi connectivity index (χ4v) is 4.59. The van der Waals surface area contributed by atoms with Crippen LogP contribution in [0.4, 0.5) is 10.6 Å². The summed E-state index contributed by atoms with van der Waals surface area (Å²) in [5.74, 6) is 1.03. The van der Waals surface area contributed by atoms with Crippen LogP contribution in [-0.2, 0) is 13.1 Å². The molecule has 6 nitrogen and oxygen atoms in total. The smallest absolute Gasteiger partial charge is 0.317 e. The monoisotopic (exact) mass is 389 g/mol. The first-order valence-electron chi connectivity index (χ1n) is 10.6. The maximum Gasteiger partial charge on any atom is 0.317 e. The van der Waals surface area contributed by atoms with Crippen LogP contribution < -0.4 is 10.2 Å². The number of amides is 2. The normalized spacial score (nSPS) is 17.8. The Kier molecular flexibility index (Phi) is 4.84. The molecule has 0 unspecified atom stereocenters. The Morgan fingerprint density at radius 1 is 1.00 bits per heavy atom. The zero-order valence-corrected chi connectivity index (χ0v) is 16.6. The number of nitrogens with zero attached hydrogens (tertiary/aromatic N) is 4. The minimum atomic E-state index is 0.0694. The van der Waals surface area contributed by atoms with Gasteiger partial charge in [-0.25, -0.2) is 9.78 Å². The zero-order valence-electron chi connectivity index (χ0n) is 16.6. The lowest BCUT2D eigenvalue weighted by Crippen LogP contribution is -2.49. The quantitative estimate of drug-likeness (QED) is 0.728. The van der Waals surface area contributed by atoms with Crippen molar-refractivity contribution in [3.63, 3.8) is 0 Å². The van der Waals surface area contributed by atoms with Crippen molar-refractivity contribution in [3.05, 3.63) is 60.4 Å². The number of rotatable bonds is 2. The van der Waals surface area contributed by atoms with Gasteiger partial charge in [0, 0.05) is 49.6 Å². The number of urea groups is 1. The van der Waals surface area contributed by atoms with Gasteiger partial charge in [0.25, 0.3) is 0 Å². The van der Waals surface area contributed by atoms with Gasteiger partial charge < -0.3 is 19.7 Å². The molecule has 1 fully saturated rings. The third-order valence-electron chi connectivity index (χ3n) is 6.14. The summed E-state index contributed by atoms with van der Waals surface area (Å²) < 4.78 is 2.37. The van der Waals surface area contributed by atoms with Gasteiger partial charge in [-0.2, -0.15) is 0 Å². The second kappa shape index (κ2) is 7.78. The second-order valence-corrected chi connectivity index (χ2v) is 8.02. The van der Waals surface area contributed by atoms with Crippen LogP contribution in [0.25, 0.3) is 10.9 Å². The molecule has 6 heteroatoms. The Balaban J connectivity index is 1.21. The number of hydrogen-bond acceptors (Lipinski definition) is 3. The van der Waals surface area contributed by atoms with E-state index in [9.17, 15) is 4.79 Å². The molecule has 2 aliphatic rings. The number of aromatic nitrogens is 2. The SMILES string of the molecule is O=C(NC1CCN(c2ccccn2)CC1)N1CCCn2c(cc3ccccc32)C1. The summed E-state index contributed by atoms with van der Waals surface area (Å²) in [7, 11) is 0. The van der Waals surface area contributed by atoms with Crippen LogP contribution in [0.3, 0.4) is 0 Å². The summed E-state index contributed by atoms with van der Waals surface area (Å²) >= 11 is 0. The molecule has 150 valence electrons. The molecule has 5 rings (SSSR count). The van der Waals surface area contributed by atoms with Crippen LogP contribution in [0.15, 0.2) is 54.7 Å². The number of nitrogens with one attached hydrogen (secondary N) is 1. The molecule has 2 amide bonds. The maximum absolute atomic E-state index is 13.0. The summed E-state index contributed by atoms with van der Waals surface area (Å²) in [4.78, 5) is 21.7. The van der Waals surface area contributed by atoms with Crippen molar-refractivity contribution in [3.8, 4) is 0 Å². The van der Waals surface area contributed by atoms with Crippen molar-refractivity contribution in [2.24, 2.45) is 0 Å². The van der Waals surface area contributed by atoms with Crippen molar-refractivity contribution in [1.82, 2.24) is 19.8 Å². The number of carbonyl (C=O) groups excluding carboxylic acids is 1. The van der Waals surface area contributed by atoms with Crippen molar-refractivity contribution in [2.45, 2.75) is 38.4 Å². The third kappa shape index (κ3) is 3.67. The summed E-state index contributed by atoms with van der Waals surface area (Å²) in [5, 5.41) is 4.54. The largest absolute Gasteiger partial charge is 0.356 e. The molecule has 0 radical (unpaired) electrons. The molecule has 0 spiro atoms. The standard InChI is InChI=1S/C23H27N5O/c29-23(25-19-9-14-26(15-10-19)22-8-3-4-11-24-22)27-12-5-13-28-20(17-27)16-18-6-1-2-7-21(18)28/h1-4,6-8,11,16,19H,5,9-10,12-15,17H2,(H,25,29). The molecule has 1 N–H and O–H groups in total. The summed E-state index contributed by atoms with van der Waals surface area (Å²) in [6.07, 6.45) is 4.73. The lowest BCUT2D eigenvalue weighted by Gasteiger charge is -2.34. The molecular formula is C23H27N5O. The Labute approximate surface area is 171 Å². The molecule has 0 aliphatic carbocycles. The van der Waals surface area contributed by atoms with E-state index in [4.69, 9.17) is 0 Å². The van der Waals surface area contributed by atoms with Crippen LogP contribution in [0.1, 0.15) is 25.0 Å². The molecule has 2 aliphatic heterocycles. The Hall–Kier alpha value is -3.02. The minimum absolute atomic E-state index is 0.0694. The Bertz CT molecular complexity index is 991. The van der Waals surface area contributed by atoms with Crippen molar-refractivity contribution >= 4 is 22.8 Å². The van der Waals surface area contributed by atoms with Gasteiger partial charge in [-0.1, -0.05) is 24.3 Å². The molecule has 2 aromatic heterocycles. The lowest BCUT2D eigenvalue weighted by molar-refractivity contribution is 0.189.